The summed E-state index contributed by atoms with van der Waals surface area (Å²) in [7, 11) is 0. The van der Waals surface area contributed by atoms with Crippen LogP contribution in [-0.2, 0) is 13.0 Å². The van der Waals surface area contributed by atoms with E-state index in [4.69, 9.17) is 4.98 Å². The highest BCUT2D eigenvalue weighted by Crippen LogP contribution is 2.20. The summed E-state index contributed by atoms with van der Waals surface area (Å²) < 4.78 is 3.35. The molecule has 0 fully saturated rings. The van der Waals surface area contributed by atoms with Gasteiger partial charge in [0.1, 0.15) is 5.82 Å². The molecule has 0 aliphatic heterocycles. The number of para-hydroxylation sites is 2. The van der Waals surface area contributed by atoms with E-state index in [1.165, 1.54) is 5.56 Å². The molecule has 4 rings (SSSR count). The number of hydrogen-bond donors (Lipinski definition) is 1. The Balaban J connectivity index is 1.44. The maximum atomic E-state index is 12.3. The number of nitrogens with one attached hydrogen (secondary N) is 1. The summed E-state index contributed by atoms with van der Waals surface area (Å²) in [4.78, 5) is 17.2. The molecule has 0 saturated carbocycles. The number of fused-ring (bicyclic) bond motifs is 1. The highest BCUT2D eigenvalue weighted by atomic mass is 79.9. The number of amides is 1. The Bertz CT molecular complexity index is 1160. The largest absolute Gasteiger partial charge is 0.352 e. The Hall–Kier alpha value is -2.92. The number of halogens is 1. The van der Waals surface area contributed by atoms with Crippen molar-refractivity contribution in [2.75, 3.05) is 6.54 Å². The van der Waals surface area contributed by atoms with E-state index < -0.39 is 0 Å². The van der Waals surface area contributed by atoms with Gasteiger partial charge in [-0.1, -0.05) is 57.9 Å². The molecule has 5 heteroatoms. The van der Waals surface area contributed by atoms with Crippen molar-refractivity contribution in [2.24, 2.45) is 0 Å². The molecular formula is C25H24BrN3O. The third-order valence-electron chi connectivity index (χ3n) is 5.14. The summed E-state index contributed by atoms with van der Waals surface area (Å²) in [6.45, 7) is 3.40. The van der Waals surface area contributed by atoms with E-state index in [2.05, 4.69) is 56.1 Å². The Labute approximate surface area is 185 Å². The Morgan fingerprint density at radius 3 is 2.63 bits per heavy atom. The lowest BCUT2D eigenvalue weighted by Gasteiger charge is -2.10. The van der Waals surface area contributed by atoms with E-state index in [0.29, 0.717) is 12.1 Å². The first-order valence-corrected chi connectivity index (χ1v) is 10.9. The van der Waals surface area contributed by atoms with Crippen LogP contribution in [0.25, 0.3) is 11.0 Å². The summed E-state index contributed by atoms with van der Waals surface area (Å²) in [6.07, 6.45) is 1.64. The van der Waals surface area contributed by atoms with E-state index in [1.807, 2.05) is 49.4 Å². The van der Waals surface area contributed by atoms with Crippen LogP contribution in [0.3, 0.4) is 0 Å². The topological polar surface area (TPSA) is 46.9 Å². The summed E-state index contributed by atoms with van der Waals surface area (Å²) in [5, 5.41) is 3.02. The molecule has 1 N–H and O–H groups in total. The molecule has 1 heterocycles. The van der Waals surface area contributed by atoms with Gasteiger partial charge in [-0.3, -0.25) is 4.79 Å². The van der Waals surface area contributed by atoms with Crippen molar-refractivity contribution in [1.29, 1.82) is 0 Å². The number of rotatable bonds is 7. The minimum Gasteiger partial charge on any atom is -0.352 e. The number of imidazole rings is 1. The maximum absolute atomic E-state index is 12.3. The van der Waals surface area contributed by atoms with E-state index in [9.17, 15) is 4.79 Å². The molecule has 3 aromatic carbocycles. The van der Waals surface area contributed by atoms with Gasteiger partial charge >= 0.3 is 0 Å². The van der Waals surface area contributed by atoms with E-state index in [-0.39, 0.29) is 5.91 Å². The second-order valence-corrected chi connectivity index (χ2v) is 8.37. The van der Waals surface area contributed by atoms with Crippen LogP contribution in [0.1, 0.15) is 33.7 Å². The van der Waals surface area contributed by atoms with Crippen molar-refractivity contribution in [1.82, 2.24) is 14.9 Å². The zero-order chi connectivity index (χ0) is 20.9. The Kier molecular flexibility index (Phi) is 6.29. The maximum Gasteiger partial charge on any atom is 0.251 e. The SMILES string of the molecule is Cc1ccc(C(=O)NCCCc2nc3ccccc3n2Cc2cccc(Br)c2)cc1. The molecule has 0 unspecified atom stereocenters. The van der Waals surface area contributed by atoms with Crippen LogP contribution < -0.4 is 5.32 Å². The van der Waals surface area contributed by atoms with Crippen molar-refractivity contribution >= 4 is 32.9 Å². The van der Waals surface area contributed by atoms with E-state index in [1.54, 1.807) is 0 Å². The van der Waals surface area contributed by atoms with Crippen LogP contribution in [0.2, 0.25) is 0 Å². The Morgan fingerprint density at radius 1 is 1.03 bits per heavy atom. The minimum absolute atomic E-state index is 0.0300. The Morgan fingerprint density at radius 2 is 1.83 bits per heavy atom. The van der Waals surface area contributed by atoms with Gasteiger partial charge < -0.3 is 9.88 Å². The van der Waals surface area contributed by atoms with Gasteiger partial charge in [0.2, 0.25) is 0 Å². The van der Waals surface area contributed by atoms with Crippen LogP contribution >= 0.6 is 15.9 Å². The van der Waals surface area contributed by atoms with Gasteiger partial charge in [0, 0.05) is 29.5 Å². The highest BCUT2D eigenvalue weighted by molar-refractivity contribution is 9.10. The molecule has 4 nitrogen and oxygen atoms in total. The molecule has 0 aliphatic rings. The molecule has 0 bridgehead atoms. The molecule has 0 atom stereocenters. The third kappa shape index (κ3) is 4.79. The van der Waals surface area contributed by atoms with E-state index >= 15 is 0 Å². The fourth-order valence-corrected chi connectivity index (χ4v) is 4.01. The van der Waals surface area contributed by atoms with Gasteiger partial charge in [-0.05, 0) is 55.3 Å². The average Bonchev–Trinajstić information content (AvgIpc) is 3.09. The van der Waals surface area contributed by atoms with Gasteiger partial charge in [0.15, 0.2) is 0 Å². The van der Waals surface area contributed by atoms with Gasteiger partial charge in [-0.2, -0.15) is 0 Å². The molecule has 30 heavy (non-hydrogen) atoms. The molecule has 0 saturated heterocycles. The second kappa shape index (κ2) is 9.26. The van der Waals surface area contributed by atoms with Gasteiger partial charge in [0.05, 0.1) is 11.0 Å². The fraction of sp³-hybridized carbons (Fsp3) is 0.200. The molecular weight excluding hydrogens is 438 g/mol. The monoisotopic (exact) mass is 461 g/mol. The van der Waals surface area contributed by atoms with Crippen molar-refractivity contribution in [3.63, 3.8) is 0 Å². The lowest BCUT2D eigenvalue weighted by Crippen LogP contribution is -2.25. The number of nitrogens with zero attached hydrogens (tertiary/aromatic N) is 2. The first-order valence-electron chi connectivity index (χ1n) is 10.1. The number of hydrogen-bond acceptors (Lipinski definition) is 2. The molecule has 0 radical (unpaired) electrons. The predicted octanol–water partition coefficient (Wildman–Crippen LogP) is 5.52. The van der Waals surface area contributed by atoms with Crippen molar-refractivity contribution in [2.45, 2.75) is 26.3 Å². The minimum atomic E-state index is -0.0300. The molecule has 0 aliphatic carbocycles. The fourth-order valence-electron chi connectivity index (χ4n) is 3.57. The van der Waals surface area contributed by atoms with E-state index in [0.717, 1.165) is 46.3 Å². The molecule has 152 valence electrons. The van der Waals surface area contributed by atoms with Crippen LogP contribution in [0, 0.1) is 6.92 Å². The van der Waals surface area contributed by atoms with Crippen LogP contribution in [0.5, 0.6) is 0 Å². The average molecular weight is 462 g/mol. The smallest absolute Gasteiger partial charge is 0.251 e. The number of benzene rings is 3. The number of aromatic nitrogens is 2. The first kappa shape index (κ1) is 20.4. The number of carbonyl (C=O) groups excluding carboxylic acids is 1. The standard InChI is InChI=1S/C25H24BrN3O/c1-18-11-13-20(14-12-18)25(30)27-15-5-10-24-28-22-8-2-3-9-23(22)29(24)17-19-6-4-7-21(26)16-19/h2-4,6-9,11-14,16H,5,10,15,17H2,1H3,(H,27,30). The summed E-state index contributed by atoms with van der Waals surface area (Å²) in [6, 6.07) is 24.2. The second-order valence-electron chi connectivity index (χ2n) is 7.46. The third-order valence-corrected chi connectivity index (χ3v) is 5.63. The lowest BCUT2D eigenvalue weighted by molar-refractivity contribution is 0.0953. The first-order chi connectivity index (χ1) is 14.6. The highest BCUT2D eigenvalue weighted by Gasteiger charge is 2.11. The van der Waals surface area contributed by atoms with Gasteiger partial charge in [0.25, 0.3) is 5.91 Å². The van der Waals surface area contributed by atoms with Gasteiger partial charge in [-0.15, -0.1) is 0 Å². The van der Waals surface area contributed by atoms with Gasteiger partial charge in [-0.25, -0.2) is 4.98 Å². The van der Waals surface area contributed by atoms with Crippen molar-refractivity contribution in [3.05, 3.63) is 99.8 Å². The van der Waals surface area contributed by atoms with Crippen LogP contribution in [-0.4, -0.2) is 22.0 Å². The van der Waals surface area contributed by atoms with Crippen LogP contribution in [0.4, 0.5) is 0 Å². The number of carbonyl (C=O) groups is 1. The van der Waals surface area contributed by atoms with Crippen molar-refractivity contribution < 1.29 is 4.79 Å². The lowest BCUT2D eigenvalue weighted by atomic mass is 10.1. The van der Waals surface area contributed by atoms with Crippen molar-refractivity contribution in [3.8, 4) is 0 Å². The zero-order valence-corrected chi connectivity index (χ0v) is 18.5. The summed E-state index contributed by atoms with van der Waals surface area (Å²) >= 11 is 3.56. The summed E-state index contributed by atoms with van der Waals surface area (Å²) in [5.74, 6) is 1.01. The summed E-state index contributed by atoms with van der Waals surface area (Å²) in [5.41, 5.74) is 5.21. The molecule has 4 aromatic rings. The quantitative estimate of drug-likeness (QED) is 0.368. The molecule has 1 aromatic heterocycles. The molecule has 1 amide bonds. The zero-order valence-electron chi connectivity index (χ0n) is 16.9. The molecule has 0 spiro atoms. The number of aryl methyl sites for hydroxylation is 2. The predicted molar refractivity (Wildman–Crippen MR) is 125 cm³/mol. The normalized spacial score (nSPS) is 11.0. The van der Waals surface area contributed by atoms with Crippen LogP contribution in [0.15, 0.2) is 77.3 Å².